The Kier molecular flexibility index (Phi) is 5.58. The van der Waals surface area contributed by atoms with Crippen LogP contribution in [-0.4, -0.2) is 30.2 Å². The SMILES string of the molecule is COc1ccc(OC)c(Nc2cc(C)nc(NC3CCCCC3)n2)c1. The van der Waals surface area contributed by atoms with Crippen LogP contribution in [0.1, 0.15) is 37.8 Å². The normalized spacial score (nSPS) is 14.8. The Hall–Kier alpha value is -2.50. The molecular weight excluding hydrogens is 316 g/mol. The number of ether oxygens (including phenoxy) is 2. The fourth-order valence-corrected chi connectivity index (χ4v) is 3.18. The Morgan fingerprint density at radius 2 is 1.80 bits per heavy atom. The minimum atomic E-state index is 0.467. The third-order valence-corrected chi connectivity index (χ3v) is 4.46. The number of aryl methyl sites for hydroxylation is 1. The lowest BCUT2D eigenvalue weighted by atomic mass is 9.96. The molecule has 1 aromatic heterocycles. The van der Waals surface area contributed by atoms with E-state index < -0.39 is 0 Å². The van der Waals surface area contributed by atoms with Crippen molar-refractivity contribution in [2.75, 3.05) is 24.9 Å². The van der Waals surface area contributed by atoms with Gasteiger partial charge in [-0.25, -0.2) is 4.98 Å². The minimum absolute atomic E-state index is 0.467. The molecule has 0 aliphatic heterocycles. The highest BCUT2D eigenvalue weighted by atomic mass is 16.5. The summed E-state index contributed by atoms with van der Waals surface area (Å²) < 4.78 is 10.7. The van der Waals surface area contributed by atoms with Gasteiger partial charge in [-0.15, -0.1) is 0 Å². The van der Waals surface area contributed by atoms with Crippen LogP contribution in [0.2, 0.25) is 0 Å². The number of benzene rings is 1. The fourth-order valence-electron chi connectivity index (χ4n) is 3.18. The van der Waals surface area contributed by atoms with E-state index in [2.05, 4.69) is 20.6 Å². The van der Waals surface area contributed by atoms with Crippen molar-refractivity contribution in [1.29, 1.82) is 0 Å². The lowest BCUT2D eigenvalue weighted by Gasteiger charge is -2.23. The summed E-state index contributed by atoms with van der Waals surface area (Å²) in [5.41, 5.74) is 1.72. The predicted molar refractivity (Wildman–Crippen MR) is 100 cm³/mol. The zero-order valence-electron chi connectivity index (χ0n) is 15.1. The summed E-state index contributed by atoms with van der Waals surface area (Å²) in [6, 6.07) is 8.02. The molecule has 1 saturated carbocycles. The second-order valence-electron chi connectivity index (χ2n) is 6.39. The van der Waals surface area contributed by atoms with E-state index in [4.69, 9.17) is 9.47 Å². The standard InChI is InChI=1S/C19H26N4O2/c1-13-11-18(22-16-12-15(24-2)9-10-17(16)25-3)23-19(20-13)21-14-7-5-4-6-8-14/h9-12,14H,4-8H2,1-3H3,(H2,20,21,22,23). The minimum Gasteiger partial charge on any atom is -0.497 e. The van der Waals surface area contributed by atoms with Gasteiger partial charge in [-0.1, -0.05) is 19.3 Å². The maximum atomic E-state index is 5.42. The Labute approximate surface area is 149 Å². The molecule has 0 spiro atoms. The zero-order valence-corrected chi connectivity index (χ0v) is 15.1. The highest BCUT2D eigenvalue weighted by Gasteiger charge is 2.15. The van der Waals surface area contributed by atoms with E-state index in [1.807, 2.05) is 31.2 Å². The quantitative estimate of drug-likeness (QED) is 0.816. The first kappa shape index (κ1) is 17.3. The molecule has 6 nitrogen and oxygen atoms in total. The Balaban J connectivity index is 1.80. The number of hydrogen-bond donors (Lipinski definition) is 2. The smallest absolute Gasteiger partial charge is 0.225 e. The first-order valence-corrected chi connectivity index (χ1v) is 8.79. The summed E-state index contributed by atoms with van der Waals surface area (Å²) in [5, 5.41) is 6.80. The molecule has 1 aliphatic rings. The van der Waals surface area contributed by atoms with Gasteiger partial charge >= 0.3 is 0 Å². The van der Waals surface area contributed by atoms with E-state index in [0.29, 0.717) is 12.0 Å². The second kappa shape index (κ2) is 8.05. The fraction of sp³-hybridized carbons (Fsp3) is 0.474. The van der Waals surface area contributed by atoms with Crippen LogP contribution in [0, 0.1) is 6.92 Å². The molecule has 0 bridgehead atoms. The van der Waals surface area contributed by atoms with Crippen LogP contribution in [0.15, 0.2) is 24.3 Å². The van der Waals surface area contributed by atoms with Crippen molar-refractivity contribution in [3.8, 4) is 11.5 Å². The molecule has 25 heavy (non-hydrogen) atoms. The number of methoxy groups -OCH3 is 2. The lowest BCUT2D eigenvalue weighted by Crippen LogP contribution is -2.23. The summed E-state index contributed by atoms with van der Waals surface area (Å²) in [7, 11) is 3.29. The van der Waals surface area contributed by atoms with E-state index >= 15 is 0 Å². The molecule has 134 valence electrons. The number of aromatic nitrogens is 2. The van der Waals surface area contributed by atoms with Crippen molar-refractivity contribution < 1.29 is 9.47 Å². The first-order valence-electron chi connectivity index (χ1n) is 8.79. The third kappa shape index (κ3) is 4.53. The van der Waals surface area contributed by atoms with Crippen molar-refractivity contribution in [1.82, 2.24) is 9.97 Å². The Morgan fingerprint density at radius 1 is 1.00 bits per heavy atom. The maximum absolute atomic E-state index is 5.42. The molecule has 0 unspecified atom stereocenters. The van der Waals surface area contributed by atoms with Crippen LogP contribution >= 0.6 is 0 Å². The van der Waals surface area contributed by atoms with Gasteiger partial charge in [0.2, 0.25) is 5.95 Å². The molecule has 1 heterocycles. The van der Waals surface area contributed by atoms with Crippen molar-refractivity contribution in [2.24, 2.45) is 0 Å². The molecule has 2 aromatic rings. The average molecular weight is 342 g/mol. The van der Waals surface area contributed by atoms with Crippen molar-refractivity contribution in [2.45, 2.75) is 45.1 Å². The van der Waals surface area contributed by atoms with Crippen molar-refractivity contribution >= 4 is 17.5 Å². The van der Waals surface area contributed by atoms with Crippen LogP contribution in [0.3, 0.4) is 0 Å². The highest BCUT2D eigenvalue weighted by molar-refractivity contribution is 5.67. The van der Waals surface area contributed by atoms with Gasteiger partial charge in [-0.3, -0.25) is 0 Å². The van der Waals surface area contributed by atoms with Gasteiger partial charge in [0.25, 0.3) is 0 Å². The summed E-state index contributed by atoms with van der Waals surface area (Å²) in [6.07, 6.45) is 6.24. The van der Waals surface area contributed by atoms with Crippen molar-refractivity contribution in [3.63, 3.8) is 0 Å². The number of anilines is 3. The molecule has 0 amide bonds. The molecule has 1 fully saturated rings. The van der Waals surface area contributed by atoms with Gasteiger partial charge in [-0.2, -0.15) is 4.98 Å². The third-order valence-electron chi connectivity index (χ3n) is 4.46. The van der Waals surface area contributed by atoms with Gasteiger partial charge in [0, 0.05) is 23.9 Å². The average Bonchev–Trinajstić information content (AvgIpc) is 2.62. The van der Waals surface area contributed by atoms with Crippen molar-refractivity contribution in [3.05, 3.63) is 30.0 Å². The van der Waals surface area contributed by atoms with Crippen LogP contribution in [-0.2, 0) is 0 Å². The van der Waals surface area contributed by atoms with Gasteiger partial charge < -0.3 is 20.1 Å². The highest BCUT2D eigenvalue weighted by Crippen LogP contribution is 2.31. The molecule has 0 atom stereocenters. The van der Waals surface area contributed by atoms with Crippen LogP contribution < -0.4 is 20.1 Å². The molecule has 2 N–H and O–H groups in total. The lowest BCUT2D eigenvalue weighted by molar-refractivity contribution is 0.405. The monoisotopic (exact) mass is 342 g/mol. The topological polar surface area (TPSA) is 68.3 Å². The number of rotatable bonds is 6. The number of nitrogens with one attached hydrogen (secondary N) is 2. The zero-order chi connectivity index (χ0) is 17.6. The van der Waals surface area contributed by atoms with E-state index in [1.165, 1.54) is 32.1 Å². The van der Waals surface area contributed by atoms with E-state index in [-0.39, 0.29) is 0 Å². The molecular formula is C19H26N4O2. The van der Waals surface area contributed by atoms with Gasteiger partial charge in [0.1, 0.15) is 17.3 Å². The number of nitrogens with zero attached hydrogens (tertiary/aromatic N) is 2. The maximum Gasteiger partial charge on any atom is 0.225 e. The van der Waals surface area contributed by atoms with Gasteiger partial charge in [0.15, 0.2) is 0 Å². The van der Waals surface area contributed by atoms with Crippen LogP contribution in [0.5, 0.6) is 11.5 Å². The van der Waals surface area contributed by atoms with Crippen LogP contribution in [0.4, 0.5) is 17.5 Å². The number of hydrogen-bond acceptors (Lipinski definition) is 6. The Morgan fingerprint density at radius 3 is 2.52 bits per heavy atom. The van der Waals surface area contributed by atoms with E-state index in [9.17, 15) is 0 Å². The summed E-state index contributed by atoms with van der Waals surface area (Å²) in [4.78, 5) is 9.15. The second-order valence-corrected chi connectivity index (χ2v) is 6.39. The summed E-state index contributed by atoms with van der Waals surface area (Å²) in [5.74, 6) is 2.90. The first-order chi connectivity index (χ1) is 12.2. The summed E-state index contributed by atoms with van der Waals surface area (Å²) >= 11 is 0. The summed E-state index contributed by atoms with van der Waals surface area (Å²) in [6.45, 7) is 1.97. The molecule has 1 aromatic carbocycles. The Bertz CT molecular complexity index is 715. The predicted octanol–water partition coefficient (Wildman–Crippen LogP) is 4.29. The van der Waals surface area contributed by atoms with Gasteiger partial charge in [-0.05, 0) is 31.9 Å². The molecule has 1 aliphatic carbocycles. The van der Waals surface area contributed by atoms with E-state index in [0.717, 1.165) is 28.7 Å². The molecule has 6 heteroatoms. The molecule has 0 radical (unpaired) electrons. The largest absolute Gasteiger partial charge is 0.497 e. The van der Waals surface area contributed by atoms with Crippen LogP contribution in [0.25, 0.3) is 0 Å². The van der Waals surface area contributed by atoms with E-state index in [1.54, 1.807) is 14.2 Å². The molecule has 0 saturated heterocycles. The van der Waals surface area contributed by atoms with Gasteiger partial charge in [0.05, 0.1) is 19.9 Å². The molecule has 3 rings (SSSR count).